The summed E-state index contributed by atoms with van der Waals surface area (Å²) in [5, 5.41) is 3.43. The summed E-state index contributed by atoms with van der Waals surface area (Å²) < 4.78 is 5.19. The Hall–Kier alpha value is -1.00. The molecule has 1 aromatic heterocycles. The van der Waals surface area contributed by atoms with Crippen molar-refractivity contribution < 1.29 is 4.74 Å². The molecule has 0 amide bonds. The Morgan fingerprint density at radius 3 is 2.94 bits per heavy atom. The van der Waals surface area contributed by atoms with Gasteiger partial charge in [0.1, 0.15) is 5.82 Å². The Labute approximate surface area is 97.5 Å². The second-order valence-electron chi connectivity index (χ2n) is 3.92. The summed E-state index contributed by atoms with van der Waals surface area (Å²) in [6, 6.07) is 2.21. The molecule has 1 unspecified atom stereocenters. The fraction of sp³-hybridized carbons (Fsp3) is 0.667. The molecule has 16 heavy (non-hydrogen) atoms. The van der Waals surface area contributed by atoms with E-state index in [1.165, 1.54) is 0 Å². The second-order valence-corrected chi connectivity index (χ2v) is 3.92. The van der Waals surface area contributed by atoms with Gasteiger partial charge in [-0.1, -0.05) is 6.92 Å². The molecule has 4 heteroatoms. The van der Waals surface area contributed by atoms with Crippen molar-refractivity contribution >= 4 is 0 Å². The van der Waals surface area contributed by atoms with Crippen LogP contribution in [0.2, 0.25) is 0 Å². The van der Waals surface area contributed by atoms with E-state index in [1.54, 1.807) is 13.3 Å². The molecular formula is C12H21N3O. The van der Waals surface area contributed by atoms with E-state index in [9.17, 15) is 0 Å². The normalized spacial score (nSPS) is 12.7. The molecule has 0 aromatic carbocycles. The van der Waals surface area contributed by atoms with E-state index in [1.807, 2.05) is 13.0 Å². The van der Waals surface area contributed by atoms with Gasteiger partial charge in [0, 0.05) is 31.5 Å². The summed E-state index contributed by atoms with van der Waals surface area (Å²) in [4.78, 5) is 8.66. The summed E-state index contributed by atoms with van der Waals surface area (Å²) in [5.74, 6) is 0.880. The maximum absolute atomic E-state index is 5.19. The zero-order valence-electron chi connectivity index (χ0n) is 10.4. The van der Waals surface area contributed by atoms with Crippen LogP contribution < -0.4 is 5.32 Å². The van der Waals surface area contributed by atoms with Crippen LogP contribution in [0.1, 0.15) is 24.9 Å². The van der Waals surface area contributed by atoms with Gasteiger partial charge in [-0.15, -0.1) is 0 Å². The topological polar surface area (TPSA) is 47.0 Å². The first kappa shape index (κ1) is 13.1. The van der Waals surface area contributed by atoms with Gasteiger partial charge in [-0.05, 0) is 26.0 Å². The summed E-state index contributed by atoms with van der Waals surface area (Å²) in [6.07, 6.45) is 3.74. The molecule has 0 aliphatic heterocycles. The largest absolute Gasteiger partial charge is 0.383 e. The predicted octanol–water partition coefficient (Wildman–Crippen LogP) is 1.34. The van der Waals surface area contributed by atoms with Crippen molar-refractivity contribution in [2.75, 3.05) is 20.3 Å². The zero-order valence-corrected chi connectivity index (χ0v) is 10.4. The number of ether oxygens (including phenoxy) is 1. The molecule has 0 aliphatic rings. The summed E-state index contributed by atoms with van der Waals surface area (Å²) >= 11 is 0. The highest BCUT2D eigenvalue weighted by molar-refractivity contribution is 5.01. The predicted molar refractivity (Wildman–Crippen MR) is 64.4 cm³/mol. The van der Waals surface area contributed by atoms with Crippen LogP contribution >= 0.6 is 0 Å². The van der Waals surface area contributed by atoms with Gasteiger partial charge in [-0.2, -0.15) is 0 Å². The molecule has 1 atom stereocenters. The lowest BCUT2D eigenvalue weighted by molar-refractivity contribution is 0.165. The standard InChI is InChI=1S/C12H21N3O/c1-4-6-13-11(9-16-3)8-12-14-7-5-10(2)15-12/h5,7,11,13H,4,6,8-9H2,1-3H3. The number of methoxy groups -OCH3 is 1. The number of rotatable bonds is 7. The lowest BCUT2D eigenvalue weighted by atomic mass is 10.2. The van der Waals surface area contributed by atoms with Crippen LogP contribution in [0.25, 0.3) is 0 Å². The molecular weight excluding hydrogens is 202 g/mol. The van der Waals surface area contributed by atoms with E-state index in [0.29, 0.717) is 12.6 Å². The minimum Gasteiger partial charge on any atom is -0.383 e. The van der Waals surface area contributed by atoms with Crippen molar-refractivity contribution in [2.45, 2.75) is 32.7 Å². The quantitative estimate of drug-likeness (QED) is 0.758. The molecule has 0 saturated heterocycles. The van der Waals surface area contributed by atoms with Crippen LogP contribution in [0.15, 0.2) is 12.3 Å². The molecule has 0 radical (unpaired) electrons. The molecule has 0 aliphatic carbocycles. The Bertz CT molecular complexity index is 304. The Morgan fingerprint density at radius 1 is 1.50 bits per heavy atom. The van der Waals surface area contributed by atoms with Crippen LogP contribution in [-0.2, 0) is 11.2 Å². The second kappa shape index (κ2) is 7.30. The maximum atomic E-state index is 5.19. The van der Waals surface area contributed by atoms with Crippen molar-refractivity contribution in [3.05, 3.63) is 23.8 Å². The van der Waals surface area contributed by atoms with E-state index in [2.05, 4.69) is 22.2 Å². The van der Waals surface area contributed by atoms with Crippen molar-refractivity contribution in [1.29, 1.82) is 0 Å². The average Bonchev–Trinajstić information content (AvgIpc) is 2.26. The van der Waals surface area contributed by atoms with E-state index >= 15 is 0 Å². The van der Waals surface area contributed by atoms with Crippen LogP contribution in [0.5, 0.6) is 0 Å². The van der Waals surface area contributed by atoms with E-state index in [-0.39, 0.29) is 0 Å². The highest BCUT2D eigenvalue weighted by Gasteiger charge is 2.10. The Morgan fingerprint density at radius 2 is 2.31 bits per heavy atom. The number of nitrogens with zero attached hydrogens (tertiary/aromatic N) is 2. The highest BCUT2D eigenvalue weighted by atomic mass is 16.5. The van der Waals surface area contributed by atoms with E-state index in [4.69, 9.17) is 4.74 Å². The minimum atomic E-state index is 0.298. The molecule has 1 heterocycles. The van der Waals surface area contributed by atoms with Crippen LogP contribution in [0.4, 0.5) is 0 Å². The molecule has 0 bridgehead atoms. The Balaban J connectivity index is 2.52. The average molecular weight is 223 g/mol. The zero-order chi connectivity index (χ0) is 11.8. The minimum absolute atomic E-state index is 0.298. The fourth-order valence-electron chi connectivity index (χ4n) is 1.56. The van der Waals surface area contributed by atoms with Crippen LogP contribution in [-0.4, -0.2) is 36.3 Å². The van der Waals surface area contributed by atoms with Crippen LogP contribution in [0, 0.1) is 6.92 Å². The van der Waals surface area contributed by atoms with Gasteiger partial charge in [0.2, 0.25) is 0 Å². The van der Waals surface area contributed by atoms with E-state index in [0.717, 1.165) is 30.9 Å². The van der Waals surface area contributed by atoms with Crippen molar-refractivity contribution in [3.8, 4) is 0 Å². The van der Waals surface area contributed by atoms with Crippen molar-refractivity contribution in [2.24, 2.45) is 0 Å². The molecule has 4 nitrogen and oxygen atoms in total. The van der Waals surface area contributed by atoms with Gasteiger partial charge < -0.3 is 10.1 Å². The van der Waals surface area contributed by atoms with Gasteiger partial charge >= 0.3 is 0 Å². The third kappa shape index (κ3) is 4.68. The van der Waals surface area contributed by atoms with Gasteiger partial charge in [0.15, 0.2) is 0 Å². The third-order valence-electron chi connectivity index (χ3n) is 2.32. The Kier molecular flexibility index (Phi) is 5.96. The molecule has 0 saturated carbocycles. The number of aromatic nitrogens is 2. The van der Waals surface area contributed by atoms with Crippen molar-refractivity contribution in [3.63, 3.8) is 0 Å². The van der Waals surface area contributed by atoms with Gasteiger partial charge in [-0.25, -0.2) is 9.97 Å². The lowest BCUT2D eigenvalue weighted by Gasteiger charge is -2.16. The number of hydrogen-bond donors (Lipinski definition) is 1. The highest BCUT2D eigenvalue weighted by Crippen LogP contribution is 1.99. The van der Waals surface area contributed by atoms with E-state index < -0.39 is 0 Å². The number of nitrogens with one attached hydrogen (secondary N) is 1. The smallest absolute Gasteiger partial charge is 0.130 e. The first-order valence-corrected chi connectivity index (χ1v) is 5.77. The molecule has 1 N–H and O–H groups in total. The molecule has 0 spiro atoms. The molecule has 1 rings (SSSR count). The SMILES string of the molecule is CCCNC(COC)Cc1nccc(C)n1. The third-order valence-corrected chi connectivity index (χ3v) is 2.32. The lowest BCUT2D eigenvalue weighted by Crippen LogP contribution is -2.36. The number of aryl methyl sites for hydroxylation is 1. The van der Waals surface area contributed by atoms with Gasteiger partial charge in [-0.3, -0.25) is 0 Å². The fourth-order valence-corrected chi connectivity index (χ4v) is 1.56. The monoisotopic (exact) mass is 223 g/mol. The first-order chi connectivity index (χ1) is 7.76. The summed E-state index contributed by atoms with van der Waals surface area (Å²) in [6.45, 7) is 5.83. The summed E-state index contributed by atoms with van der Waals surface area (Å²) in [7, 11) is 1.72. The van der Waals surface area contributed by atoms with Gasteiger partial charge in [0.05, 0.1) is 6.61 Å². The number of hydrogen-bond acceptors (Lipinski definition) is 4. The molecule has 0 fully saturated rings. The summed E-state index contributed by atoms with van der Waals surface area (Å²) in [5.41, 5.74) is 1.01. The molecule has 90 valence electrons. The maximum Gasteiger partial charge on any atom is 0.130 e. The molecule has 1 aromatic rings. The van der Waals surface area contributed by atoms with Crippen molar-refractivity contribution in [1.82, 2.24) is 15.3 Å². The first-order valence-electron chi connectivity index (χ1n) is 5.77. The van der Waals surface area contributed by atoms with Gasteiger partial charge in [0.25, 0.3) is 0 Å². The van der Waals surface area contributed by atoms with Crippen LogP contribution in [0.3, 0.4) is 0 Å².